The molecule has 138 valence electrons. The Labute approximate surface area is 156 Å². The van der Waals surface area contributed by atoms with Crippen LogP contribution in [-0.2, 0) is 7.05 Å². The summed E-state index contributed by atoms with van der Waals surface area (Å²) in [6, 6.07) is 8.37. The zero-order valence-corrected chi connectivity index (χ0v) is 16.8. The van der Waals surface area contributed by atoms with Crippen molar-refractivity contribution in [2.24, 2.45) is 27.9 Å². The lowest BCUT2D eigenvalue weighted by Gasteiger charge is -2.33. The maximum atomic E-state index is 4.92. The zero-order valence-electron chi connectivity index (χ0n) is 16.8. The van der Waals surface area contributed by atoms with Crippen LogP contribution < -0.4 is 5.32 Å². The molecule has 0 aliphatic carbocycles. The lowest BCUT2D eigenvalue weighted by Crippen LogP contribution is -2.47. The average molecular weight is 351 g/mol. The molecule has 2 aromatic rings. The normalized spacial score (nSPS) is 16.1. The van der Waals surface area contributed by atoms with E-state index in [0.717, 1.165) is 28.6 Å². The van der Waals surface area contributed by atoms with Crippen molar-refractivity contribution in [3.8, 4) is 11.4 Å². The highest BCUT2D eigenvalue weighted by atomic mass is 15.2. The molecular formula is C21H29N5. The number of aryl methyl sites for hydroxylation is 1. The van der Waals surface area contributed by atoms with Crippen molar-refractivity contribution in [3.05, 3.63) is 42.2 Å². The minimum absolute atomic E-state index is 0.0675. The van der Waals surface area contributed by atoms with E-state index >= 15 is 0 Å². The van der Waals surface area contributed by atoms with Crippen LogP contribution in [0.4, 0.5) is 0 Å². The molecule has 0 saturated heterocycles. The van der Waals surface area contributed by atoms with E-state index in [0.29, 0.717) is 0 Å². The fourth-order valence-corrected chi connectivity index (χ4v) is 2.84. The van der Waals surface area contributed by atoms with E-state index in [2.05, 4.69) is 76.1 Å². The molecule has 26 heavy (non-hydrogen) atoms. The van der Waals surface area contributed by atoms with Crippen molar-refractivity contribution in [2.75, 3.05) is 0 Å². The summed E-state index contributed by atoms with van der Waals surface area (Å²) in [5, 5.41) is 3.47. The highest BCUT2D eigenvalue weighted by molar-refractivity contribution is 6.06. The second kappa shape index (κ2) is 6.38. The number of imidazole rings is 1. The van der Waals surface area contributed by atoms with E-state index in [-0.39, 0.29) is 17.0 Å². The summed E-state index contributed by atoms with van der Waals surface area (Å²) in [5.74, 6) is 2.90. The quantitative estimate of drug-likeness (QED) is 0.861. The second-order valence-corrected chi connectivity index (χ2v) is 8.94. The number of hydrogen-bond donors (Lipinski definition) is 1. The number of aliphatic imine (C=N–C) groups is 2. The molecule has 0 bridgehead atoms. The van der Waals surface area contributed by atoms with Crippen LogP contribution in [-0.4, -0.2) is 21.2 Å². The fourth-order valence-electron chi connectivity index (χ4n) is 2.84. The Morgan fingerprint density at radius 3 is 2.08 bits per heavy atom. The molecule has 1 N–H and O–H groups in total. The van der Waals surface area contributed by atoms with Gasteiger partial charge in [0.05, 0.1) is 0 Å². The van der Waals surface area contributed by atoms with Crippen molar-refractivity contribution in [2.45, 2.75) is 47.7 Å². The first-order valence-electron chi connectivity index (χ1n) is 9.07. The van der Waals surface area contributed by atoms with Crippen LogP contribution in [0.5, 0.6) is 0 Å². The van der Waals surface area contributed by atoms with Crippen LogP contribution in [0.2, 0.25) is 0 Å². The van der Waals surface area contributed by atoms with E-state index in [4.69, 9.17) is 9.98 Å². The Balaban J connectivity index is 2.06. The topological polar surface area (TPSA) is 54.6 Å². The number of amidine groups is 2. The molecule has 1 aliphatic heterocycles. The minimum Gasteiger partial charge on any atom is -0.334 e. The van der Waals surface area contributed by atoms with Crippen molar-refractivity contribution in [3.63, 3.8) is 0 Å². The number of nitrogens with zero attached hydrogens (tertiary/aromatic N) is 4. The van der Waals surface area contributed by atoms with Gasteiger partial charge in [0.25, 0.3) is 0 Å². The highest BCUT2D eigenvalue weighted by Gasteiger charge is 2.31. The minimum atomic E-state index is -0.236. The molecule has 0 spiro atoms. The van der Waals surface area contributed by atoms with Gasteiger partial charge in [-0.05, 0) is 11.6 Å². The molecule has 1 aliphatic rings. The third-order valence-electron chi connectivity index (χ3n) is 4.42. The van der Waals surface area contributed by atoms with Crippen molar-refractivity contribution < 1.29 is 0 Å². The van der Waals surface area contributed by atoms with Gasteiger partial charge in [0.2, 0.25) is 0 Å². The van der Waals surface area contributed by atoms with Crippen molar-refractivity contribution in [1.29, 1.82) is 0 Å². The predicted octanol–water partition coefficient (Wildman–Crippen LogP) is 4.58. The Bertz CT molecular complexity index is 829. The van der Waals surface area contributed by atoms with Gasteiger partial charge in [-0.1, -0.05) is 59.7 Å². The van der Waals surface area contributed by atoms with Crippen molar-refractivity contribution >= 4 is 11.7 Å². The molecule has 5 heteroatoms. The highest BCUT2D eigenvalue weighted by Crippen LogP contribution is 2.31. The standard InChI is InChI=1S/C21H29N5/c1-20(2,3)18-23-16(24-19(25-18)21(4,5)6)14-9-8-10-15(13-14)17-22-11-12-26(17)7/h8-13,16H,1-7H3,(H,23,24,25). The molecule has 0 atom stereocenters. The first-order valence-corrected chi connectivity index (χ1v) is 9.07. The lowest BCUT2D eigenvalue weighted by atomic mass is 9.90. The van der Waals surface area contributed by atoms with Crippen LogP contribution in [0.3, 0.4) is 0 Å². The van der Waals surface area contributed by atoms with E-state index in [9.17, 15) is 0 Å². The van der Waals surface area contributed by atoms with Gasteiger partial charge in [0, 0.05) is 35.8 Å². The largest absolute Gasteiger partial charge is 0.334 e. The molecule has 0 radical (unpaired) electrons. The third kappa shape index (κ3) is 3.71. The molecule has 0 saturated carbocycles. The summed E-state index contributed by atoms with van der Waals surface area (Å²) in [6.45, 7) is 13.0. The van der Waals surface area contributed by atoms with E-state index in [1.807, 2.05) is 24.0 Å². The number of rotatable bonds is 2. The number of nitrogens with one attached hydrogen (secondary N) is 1. The number of benzene rings is 1. The van der Waals surface area contributed by atoms with E-state index in [1.54, 1.807) is 0 Å². The summed E-state index contributed by atoms with van der Waals surface area (Å²) in [7, 11) is 2.01. The predicted molar refractivity (Wildman–Crippen MR) is 108 cm³/mol. The van der Waals surface area contributed by atoms with Gasteiger partial charge in [-0.25, -0.2) is 15.0 Å². The summed E-state index contributed by atoms with van der Waals surface area (Å²) in [6.07, 6.45) is 3.54. The molecule has 0 amide bonds. The van der Waals surface area contributed by atoms with Crippen molar-refractivity contribution in [1.82, 2.24) is 14.9 Å². The van der Waals surface area contributed by atoms with Crippen LogP contribution in [0.15, 0.2) is 46.6 Å². The monoisotopic (exact) mass is 351 g/mol. The maximum absolute atomic E-state index is 4.92. The van der Waals surface area contributed by atoms with Crippen LogP contribution in [0.25, 0.3) is 11.4 Å². The Morgan fingerprint density at radius 1 is 0.962 bits per heavy atom. The van der Waals surface area contributed by atoms with Crippen LogP contribution in [0.1, 0.15) is 53.3 Å². The second-order valence-electron chi connectivity index (χ2n) is 8.94. The molecule has 0 unspecified atom stereocenters. The lowest BCUT2D eigenvalue weighted by molar-refractivity contribution is 0.526. The third-order valence-corrected chi connectivity index (χ3v) is 4.42. The first kappa shape index (κ1) is 18.4. The summed E-state index contributed by atoms with van der Waals surface area (Å²) < 4.78 is 2.02. The maximum Gasteiger partial charge on any atom is 0.169 e. The van der Waals surface area contributed by atoms with Gasteiger partial charge >= 0.3 is 0 Å². The number of hydrogen-bond acceptors (Lipinski definition) is 4. The summed E-state index contributed by atoms with van der Waals surface area (Å²) in [5.41, 5.74) is 2.02. The van der Waals surface area contributed by atoms with Gasteiger partial charge in [-0.15, -0.1) is 0 Å². The average Bonchev–Trinajstić information content (AvgIpc) is 2.99. The SMILES string of the molecule is Cn1ccnc1-c1cccc(C2N=C(C(C)(C)C)NC(C(C)(C)C)=N2)c1. The molecule has 2 heterocycles. The van der Waals surface area contributed by atoms with Gasteiger partial charge in [-0.3, -0.25) is 0 Å². The molecule has 1 aromatic carbocycles. The Morgan fingerprint density at radius 2 is 1.58 bits per heavy atom. The van der Waals surface area contributed by atoms with Gasteiger partial charge < -0.3 is 9.88 Å². The smallest absolute Gasteiger partial charge is 0.169 e. The van der Waals surface area contributed by atoms with E-state index in [1.165, 1.54) is 0 Å². The Kier molecular flexibility index (Phi) is 4.51. The summed E-state index contributed by atoms with van der Waals surface area (Å²) >= 11 is 0. The fraction of sp³-hybridized carbons (Fsp3) is 0.476. The molecule has 5 nitrogen and oxygen atoms in total. The zero-order chi connectivity index (χ0) is 19.1. The molecule has 3 rings (SSSR count). The van der Waals surface area contributed by atoms with Gasteiger partial charge in [0.1, 0.15) is 17.5 Å². The number of aromatic nitrogens is 2. The first-order chi connectivity index (χ1) is 12.1. The van der Waals surface area contributed by atoms with Crippen LogP contribution >= 0.6 is 0 Å². The van der Waals surface area contributed by atoms with E-state index < -0.39 is 0 Å². The van der Waals surface area contributed by atoms with Gasteiger partial charge in [0.15, 0.2) is 6.17 Å². The van der Waals surface area contributed by atoms with Crippen LogP contribution in [0, 0.1) is 10.8 Å². The molecular weight excluding hydrogens is 322 g/mol. The Hall–Kier alpha value is -2.43. The molecule has 0 fully saturated rings. The summed E-state index contributed by atoms with van der Waals surface area (Å²) in [4.78, 5) is 14.3. The molecule has 1 aromatic heterocycles. The van der Waals surface area contributed by atoms with Gasteiger partial charge in [-0.2, -0.15) is 0 Å².